The van der Waals surface area contributed by atoms with Crippen LogP contribution in [-0.2, 0) is 17.8 Å². The van der Waals surface area contributed by atoms with Crippen LogP contribution < -0.4 is 16.1 Å². The minimum absolute atomic E-state index is 0.00903. The first-order chi connectivity index (χ1) is 19.1. The average Bonchev–Trinajstić information content (AvgIpc) is 3.32. The number of nitrogens with zero attached hydrogens (tertiary/aromatic N) is 5. The van der Waals surface area contributed by atoms with Crippen molar-refractivity contribution in [2.75, 3.05) is 50.8 Å². The molecule has 0 unspecified atom stereocenters. The fraction of sp³-hybridized carbons (Fsp3) is 0.419. The second kappa shape index (κ2) is 11.2. The molecule has 2 saturated heterocycles. The summed E-state index contributed by atoms with van der Waals surface area (Å²) in [5.41, 5.74) is 4.41. The lowest BCUT2D eigenvalue weighted by molar-refractivity contribution is 0.123. The van der Waals surface area contributed by atoms with E-state index in [0.29, 0.717) is 26.3 Å². The number of benzene rings is 2. The third-order valence-electron chi connectivity index (χ3n) is 8.13. The maximum absolute atomic E-state index is 14.0. The molecule has 8 heteroatoms. The lowest BCUT2D eigenvalue weighted by Gasteiger charge is -2.30. The predicted octanol–water partition coefficient (Wildman–Crippen LogP) is 3.96. The molecule has 6 rings (SSSR count). The van der Waals surface area contributed by atoms with Gasteiger partial charge < -0.3 is 19.1 Å². The van der Waals surface area contributed by atoms with Crippen molar-refractivity contribution < 1.29 is 4.74 Å². The van der Waals surface area contributed by atoms with Gasteiger partial charge in [0.25, 0.3) is 5.56 Å². The van der Waals surface area contributed by atoms with E-state index >= 15 is 0 Å². The molecule has 0 atom stereocenters. The summed E-state index contributed by atoms with van der Waals surface area (Å²) >= 11 is 0. The van der Waals surface area contributed by atoms with Crippen molar-refractivity contribution in [1.82, 2.24) is 18.6 Å². The number of rotatable bonds is 7. The predicted molar refractivity (Wildman–Crippen MR) is 156 cm³/mol. The minimum atomic E-state index is -0.0399. The highest BCUT2D eigenvalue weighted by Crippen LogP contribution is 2.30. The number of hydrogen-bond donors (Lipinski definition) is 0. The van der Waals surface area contributed by atoms with Crippen molar-refractivity contribution in [2.45, 2.75) is 39.3 Å². The molecular weight excluding hydrogens is 490 g/mol. The van der Waals surface area contributed by atoms with E-state index in [9.17, 15) is 9.59 Å². The van der Waals surface area contributed by atoms with Gasteiger partial charge in [-0.2, -0.15) is 0 Å². The van der Waals surface area contributed by atoms with Crippen molar-refractivity contribution in [3.05, 3.63) is 81.6 Å². The molecular formula is C31H37N5O3. The van der Waals surface area contributed by atoms with Crippen LogP contribution in [0.5, 0.6) is 0 Å². The Labute approximate surface area is 228 Å². The smallest absolute Gasteiger partial charge is 0.333 e. The summed E-state index contributed by atoms with van der Waals surface area (Å²) in [6.07, 6.45) is 5.76. The molecule has 39 heavy (non-hydrogen) atoms. The molecule has 2 aliphatic rings. The van der Waals surface area contributed by atoms with Gasteiger partial charge in [0.2, 0.25) is 0 Å². The highest BCUT2D eigenvalue weighted by atomic mass is 16.5. The van der Waals surface area contributed by atoms with E-state index in [4.69, 9.17) is 4.74 Å². The van der Waals surface area contributed by atoms with E-state index in [2.05, 4.69) is 28.0 Å². The Morgan fingerprint density at radius 3 is 2.36 bits per heavy atom. The van der Waals surface area contributed by atoms with Crippen molar-refractivity contribution in [1.29, 1.82) is 0 Å². The Kier molecular flexibility index (Phi) is 7.39. The van der Waals surface area contributed by atoms with E-state index in [1.807, 2.05) is 52.6 Å². The van der Waals surface area contributed by atoms with E-state index in [1.54, 1.807) is 10.6 Å². The van der Waals surface area contributed by atoms with Gasteiger partial charge in [0.05, 0.1) is 35.8 Å². The van der Waals surface area contributed by atoms with Gasteiger partial charge in [-0.05, 0) is 51.1 Å². The number of aromatic nitrogens is 3. The fourth-order valence-corrected chi connectivity index (χ4v) is 6.03. The highest BCUT2D eigenvalue weighted by Gasteiger charge is 2.20. The lowest BCUT2D eigenvalue weighted by Crippen LogP contribution is -2.37. The van der Waals surface area contributed by atoms with Crippen LogP contribution in [0, 0.1) is 0 Å². The molecule has 2 aromatic heterocycles. The zero-order chi connectivity index (χ0) is 26.8. The van der Waals surface area contributed by atoms with E-state index < -0.39 is 0 Å². The molecule has 0 N–H and O–H groups in total. The molecule has 2 aromatic carbocycles. The van der Waals surface area contributed by atoms with Crippen LogP contribution >= 0.6 is 0 Å². The molecule has 4 heterocycles. The molecule has 0 saturated carbocycles. The van der Waals surface area contributed by atoms with E-state index in [0.717, 1.165) is 66.3 Å². The van der Waals surface area contributed by atoms with Crippen LogP contribution in [0.3, 0.4) is 0 Å². The summed E-state index contributed by atoms with van der Waals surface area (Å²) in [5, 5.41) is 0.975. The Bertz CT molecular complexity index is 1560. The first kappa shape index (κ1) is 25.6. The Morgan fingerprint density at radius 2 is 1.62 bits per heavy atom. The average molecular weight is 528 g/mol. The van der Waals surface area contributed by atoms with E-state index in [-0.39, 0.29) is 11.2 Å². The summed E-state index contributed by atoms with van der Waals surface area (Å²) in [4.78, 5) is 31.7. The highest BCUT2D eigenvalue weighted by molar-refractivity contribution is 5.93. The second-order valence-corrected chi connectivity index (χ2v) is 10.5. The zero-order valence-electron chi connectivity index (χ0n) is 22.7. The molecule has 0 aliphatic carbocycles. The summed E-state index contributed by atoms with van der Waals surface area (Å²) in [6, 6.07) is 17.9. The van der Waals surface area contributed by atoms with Gasteiger partial charge >= 0.3 is 5.69 Å². The standard InChI is InChI=1S/C31H37N5O3/c1-2-35-27-12-11-25(21-26(27)28(22-30(35)37)33-17-19-39-20-18-33)36-29(24-9-5-3-6-10-24)23-34(31(36)38)16-15-32-13-7-4-8-14-32/h3,5-6,9-12,21-23H,2,4,7-8,13-20H2,1H3. The van der Waals surface area contributed by atoms with Gasteiger partial charge in [0.1, 0.15) is 0 Å². The van der Waals surface area contributed by atoms with Gasteiger partial charge in [-0.15, -0.1) is 0 Å². The summed E-state index contributed by atoms with van der Waals surface area (Å²) in [7, 11) is 0. The van der Waals surface area contributed by atoms with Crippen molar-refractivity contribution in [3.63, 3.8) is 0 Å². The van der Waals surface area contributed by atoms with Gasteiger partial charge in [-0.1, -0.05) is 36.8 Å². The SMILES string of the molecule is CCn1c(=O)cc(N2CCOCC2)c2cc(-n3c(-c4ccccc4)cn(CCN4CCCCC4)c3=O)ccc21. The molecule has 0 bridgehead atoms. The zero-order valence-corrected chi connectivity index (χ0v) is 22.7. The monoisotopic (exact) mass is 527 g/mol. The van der Waals surface area contributed by atoms with Crippen LogP contribution in [0.25, 0.3) is 27.8 Å². The molecule has 0 spiro atoms. The maximum atomic E-state index is 14.0. The van der Waals surface area contributed by atoms with Crippen molar-refractivity contribution in [2.24, 2.45) is 0 Å². The number of pyridine rings is 1. The number of aryl methyl sites for hydroxylation is 1. The fourth-order valence-electron chi connectivity index (χ4n) is 6.03. The lowest BCUT2D eigenvalue weighted by atomic mass is 10.1. The van der Waals surface area contributed by atoms with Crippen LogP contribution in [-0.4, -0.2) is 64.5 Å². The second-order valence-electron chi connectivity index (χ2n) is 10.5. The first-order valence-electron chi connectivity index (χ1n) is 14.2. The van der Waals surface area contributed by atoms with Gasteiger partial charge in [0, 0.05) is 55.9 Å². The summed E-state index contributed by atoms with van der Waals surface area (Å²) < 4.78 is 11.1. The largest absolute Gasteiger partial charge is 0.378 e. The molecule has 8 nitrogen and oxygen atoms in total. The van der Waals surface area contributed by atoms with Crippen LogP contribution in [0.4, 0.5) is 5.69 Å². The minimum Gasteiger partial charge on any atom is -0.378 e. The number of anilines is 1. The normalized spacial score (nSPS) is 16.7. The Balaban J connectivity index is 1.48. The number of fused-ring (bicyclic) bond motifs is 1. The van der Waals surface area contributed by atoms with E-state index in [1.165, 1.54) is 19.3 Å². The third-order valence-corrected chi connectivity index (χ3v) is 8.13. The molecule has 2 fully saturated rings. The number of hydrogen-bond acceptors (Lipinski definition) is 5. The molecule has 4 aromatic rings. The van der Waals surface area contributed by atoms with Crippen LogP contribution in [0.15, 0.2) is 70.4 Å². The number of morpholine rings is 1. The first-order valence-corrected chi connectivity index (χ1v) is 14.2. The molecule has 2 aliphatic heterocycles. The maximum Gasteiger partial charge on any atom is 0.333 e. The quantitative estimate of drug-likeness (QED) is 0.364. The van der Waals surface area contributed by atoms with Gasteiger partial charge in [-0.25, -0.2) is 4.79 Å². The number of imidazole rings is 1. The van der Waals surface area contributed by atoms with Crippen LogP contribution in [0.1, 0.15) is 26.2 Å². The number of piperidine rings is 1. The summed E-state index contributed by atoms with van der Waals surface area (Å²) in [6.45, 7) is 9.06. The molecule has 0 amide bonds. The number of likely N-dealkylation sites (tertiary alicyclic amines) is 1. The van der Waals surface area contributed by atoms with Gasteiger partial charge in [-0.3, -0.25) is 13.9 Å². The number of ether oxygens (including phenoxy) is 1. The van der Waals surface area contributed by atoms with Gasteiger partial charge in [0.15, 0.2) is 0 Å². The van der Waals surface area contributed by atoms with Crippen molar-refractivity contribution in [3.8, 4) is 16.9 Å². The third kappa shape index (κ3) is 5.06. The topological polar surface area (TPSA) is 64.6 Å². The molecule has 0 radical (unpaired) electrons. The molecule has 204 valence electrons. The Morgan fingerprint density at radius 1 is 0.846 bits per heavy atom. The van der Waals surface area contributed by atoms with Crippen molar-refractivity contribution >= 4 is 16.6 Å². The Hall–Kier alpha value is -3.62. The summed E-state index contributed by atoms with van der Waals surface area (Å²) in [5.74, 6) is 0. The van der Waals surface area contributed by atoms with Crippen LogP contribution in [0.2, 0.25) is 0 Å².